The minimum atomic E-state index is 0. The predicted octanol–water partition coefficient (Wildman–Crippen LogP) is 4.26. The van der Waals surface area contributed by atoms with Crippen LogP contribution in [-0.4, -0.2) is 88.1 Å². The first-order valence-electron chi connectivity index (χ1n) is 12.5. The molecule has 8 heteroatoms. The van der Waals surface area contributed by atoms with Crippen LogP contribution in [0.4, 0.5) is 0 Å². The highest BCUT2D eigenvalue weighted by atomic mass is 35.5. The maximum atomic E-state index is 13.0. The molecule has 2 heterocycles. The number of likely N-dealkylation sites (tertiary alicyclic amines) is 1. The monoisotopic (exact) mass is 515 g/mol. The summed E-state index contributed by atoms with van der Waals surface area (Å²) in [6, 6.07) is 12.3. The Hall–Kier alpha value is -2.61. The number of piperidine rings is 1. The van der Waals surface area contributed by atoms with E-state index in [4.69, 9.17) is 19.2 Å². The van der Waals surface area contributed by atoms with Crippen molar-refractivity contribution in [3.05, 3.63) is 58.7 Å². The summed E-state index contributed by atoms with van der Waals surface area (Å²) < 4.78 is 16.7. The molecule has 2 atom stereocenters. The van der Waals surface area contributed by atoms with Crippen LogP contribution in [0.25, 0.3) is 0 Å². The molecular formula is C28H38ClN3O4. The molecule has 7 nitrogen and oxygen atoms in total. The Kier molecular flexibility index (Phi) is 9.77. The van der Waals surface area contributed by atoms with Gasteiger partial charge in [-0.2, -0.15) is 0 Å². The summed E-state index contributed by atoms with van der Waals surface area (Å²) in [5.74, 6) is 1.82. The highest BCUT2D eigenvalue weighted by Crippen LogP contribution is 2.42. The van der Waals surface area contributed by atoms with Gasteiger partial charge in [0.05, 0.1) is 32.1 Å². The van der Waals surface area contributed by atoms with Crippen LogP contribution in [0.5, 0.6) is 11.5 Å². The summed E-state index contributed by atoms with van der Waals surface area (Å²) in [4.78, 5) is 22.4. The minimum Gasteiger partial charge on any atom is -0.493 e. The smallest absolute Gasteiger partial charge is 0.253 e. The van der Waals surface area contributed by atoms with Crippen molar-refractivity contribution in [1.82, 2.24) is 9.80 Å². The third-order valence-corrected chi connectivity index (χ3v) is 7.00. The van der Waals surface area contributed by atoms with Crippen LogP contribution in [0.2, 0.25) is 0 Å². The Morgan fingerprint density at radius 1 is 1.14 bits per heavy atom. The Labute approximate surface area is 220 Å². The van der Waals surface area contributed by atoms with E-state index in [0.717, 1.165) is 42.1 Å². The van der Waals surface area contributed by atoms with E-state index in [0.29, 0.717) is 43.5 Å². The lowest BCUT2D eigenvalue weighted by Gasteiger charge is -2.39. The molecule has 1 saturated heterocycles. The second-order valence-electron chi connectivity index (χ2n) is 9.18. The third kappa shape index (κ3) is 5.69. The van der Waals surface area contributed by atoms with E-state index in [2.05, 4.69) is 24.1 Å². The van der Waals surface area contributed by atoms with Gasteiger partial charge in [0.25, 0.3) is 5.91 Å². The van der Waals surface area contributed by atoms with Crippen LogP contribution < -0.4 is 9.47 Å². The maximum Gasteiger partial charge on any atom is 0.253 e. The number of methoxy groups -OCH3 is 2. The van der Waals surface area contributed by atoms with Gasteiger partial charge in [0, 0.05) is 49.4 Å². The molecule has 4 rings (SSSR count). The number of likely N-dealkylation sites (N-methyl/N-ethyl adjacent to an activating group) is 2. The van der Waals surface area contributed by atoms with Crippen LogP contribution in [-0.2, 0) is 4.74 Å². The molecule has 0 aromatic heterocycles. The van der Waals surface area contributed by atoms with Gasteiger partial charge in [-0.25, -0.2) is 0 Å². The van der Waals surface area contributed by atoms with E-state index < -0.39 is 0 Å². The van der Waals surface area contributed by atoms with E-state index in [-0.39, 0.29) is 24.4 Å². The van der Waals surface area contributed by atoms with Crippen molar-refractivity contribution < 1.29 is 19.0 Å². The van der Waals surface area contributed by atoms with Crippen molar-refractivity contribution >= 4 is 24.0 Å². The molecule has 0 spiro atoms. The van der Waals surface area contributed by atoms with Gasteiger partial charge in [0.2, 0.25) is 0 Å². The fraction of sp³-hybridized carbons (Fsp3) is 0.500. The predicted molar refractivity (Wildman–Crippen MR) is 146 cm³/mol. The topological polar surface area (TPSA) is 63.6 Å². The number of rotatable bonds is 9. The molecule has 1 amide bonds. The first-order valence-corrected chi connectivity index (χ1v) is 12.5. The van der Waals surface area contributed by atoms with E-state index in [9.17, 15) is 4.79 Å². The fourth-order valence-electron chi connectivity index (χ4n) is 5.10. The molecule has 2 aromatic carbocycles. The van der Waals surface area contributed by atoms with Crippen LogP contribution in [0, 0.1) is 0 Å². The van der Waals surface area contributed by atoms with Crippen molar-refractivity contribution in [2.75, 3.05) is 60.7 Å². The maximum absolute atomic E-state index is 13.0. The molecule has 0 aliphatic carbocycles. The molecule has 2 aromatic rings. The SMILES string of the molecule is CCOc1cc2c(cc1OC)C(c1ccc(C(=O)N(CC)CCOC)cc1)=N[C@@H]1CCN(C)C[C@H]21.Cl. The third-order valence-electron chi connectivity index (χ3n) is 7.00. The standard InChI is InChI=1S/C28H37N3O4.ClH/c1-6-31(14-15-33-4)28(32)20-10-8-19(9-11-20)27-22-17-25(34-5)26(35-7-2)16-21(22)23-18-30(3)13-12-24(23)29-27;/h8-11,16-17,23-24H,6-7,12-15,18H2,1-5H3;1H/t23-,24-;/m1./s1. The van der Waals surface area contributed by atoms with Gasteiger partial charge < -0.3 is 24.0 Å². The number of fused-ring (bicyclic) bond motifs is 3. The van der Waals surface area contributed by atoms with Crippen LogP contribution in [0.3, 0.4) is 0 Å². The number of nitrogens with zero attached hydrogens (tertiary/aromatic N) is 3. The molecular weight excluding hydrogens is 478 g/mol. The first kappa shape index (κ1) is 28.0. The lowest BCUT2D eigenvalue weighted by Crippen LogP contribution is -2.41. The van der Waals surface area contributed by atoms with Crippen molar-refractivity contribution in [3.8, 4) is 11.5 Å². The normalized spacial score (nSPS) is 18.9. The van der Waals surface area contributed by atoms with E-state index in [1.807, 2.05) is 38.1 Å². The molecule has 0 bridgehead atoms. The van der Waals surface area contributed by atoms with Gasteiger partial charge >= 0.3 is 0 Å². The van der Waals surface area contributed by atoms with Crippen molar-refractivity contribution in [2.24, 2.45) is 4.99 Å². The lowest BCUT2D eigenvalue weighted by molar-refractivity contribution is 0.0706. The van der Waals surface area contributed by atoms with Crippen molar-refractivity contribution in [2.45, 2.75) is 32.2 Å². The van der Waals surface area contributed by atoms with Crippen molar-refractivity contribution in [3.63, 3.8) is 0 Å². The van der Waals surface area contributed by atoms with E-state index in [1.165, 1.54) is 5.56 Å². The average Bonchev–Trinajstić information content (AvgIpc) is 2.88. The largest absolute Gasteiger partial charge is 0.493 e. The number of benzene rings is 2. The lowest BCUT2D eigenvalue weighted by atomic mass is 9.79. The Bertz CT molecular complexity index is 1070. The van der Waals surface area contributed by atoms with E-state index >= 15 is 0 Å². The molecule has 2 aliphatic rings. The Morgan fingerprint density at radius 3 is 2.53 bits per heavy atom. The van der Waals surface area contributed by atoms with Crippen LogP contribution in [0.15, 0.2) is 41.4 Å². The van der Waals surface area contributed by atoms with Gasteiger partial charge in [-0.15, -0.1) is 12.4 Å². The molecule has 0 N–H and O–H groups in total. The number of aliphatic imine (C=N–C) groups is 1. The zero-order chi connectivity index (χ0) is 24.9. The second kappa shape index (κ2) is 12.6. The molecule has 196 valence electrons. The summed E-state index contributed by atoms with van der Waals surface area (Å²) in [6.07, 6.45) is 1.02. The molecule has 2 aliphatic heterocycles. The highest BCUT2D eigenvalue weighted by molar-refractivity contribution is 6.15. The second-order valence-corrected chi connectivity index (χ2v) is 9.18. The molecule has 36 heavy (non-hydrogen) atoms. The van der Waals surface area contributed by atoms with Gasteiger partial charge in [-0.05, 0) is 63.7 Å². The van der Waals surface area contributed by atoms with Gasteiger partial charge in [0.15, 0.2) is 11.5 Å². The van der Waals surface area contributed by atoms with E-state index in [1.54, 1.807) is 19.1 Å². The molecule has 0 radical (unpaired) electrons. The molecule has 0 unspecified atom stereocenters. The van der Waals surface area contributed by atoms with Gasteiger partial charge in [-0.3, -0.25) is 9.79 Å². The van der Waals surface area contributed by atoms with Crippen LogP contribution >= 0.6 is 12.4 Å². The summed E-state index contributed by atoms with van der Waals surface area (Å²) >= 11 is 0. The number of hydrogen-bond donors (Lipinski definition) is 0. The number of hydrogen-bond acceptors (Lipinski definition) is 6. The number of amides is 1. The van der Waals surface area contributed by atoms with Gasteiger partial charge in [0.1, 0.15) is 0 Å². The Balaban J connectivity index is 0.00000361. The van der Waals surface area contributed by atoms with Gasteiger partial charge in [-0.1, -0.05) is 12.1 Å². The van der Waals surface area contributed by atoms with Crippen molar-refractivity contribution in [1.29, 1.82) is 0 Å². The zero-order valence-corrected chi connectivity index (χ0v) is 22.8. The molecule has 0 saturated carbocycles. The number of carbonyl (C=O) groups is 1. The number of halogens is 1. The first-order chi connectivity index (χ1) is 17.0. The highest BCUT2D eigenvalue weighted by Gasteiger charge is 2.36. The Morgan fingerprint density at radius 2 is 1.89 bits per heavy atom. The number of ether oxygens (including phenoxy) is 3. The quantitative estimate of drug-likeness (QED) is 0.499. The fourth-order valence-corrected chi connectivity index (χ4v) is 5.10. The summed E-state index contributed by atoms with van der Waals surface area (Å²) in [5.41, 5.74) is 4.97. The van der Waals surface area contributed by atoms with Crippen LogP contribution in [0.1, 0.15) is 53.2 Å². The average molecular weight is 516 g/mol. The summed E-state index contributed by atoms with van der Waals surface area (Å²) in [6.45, 7) is 8.29. The molecule has 1 fully saturated rings. The zero-order valence-electron chi connectivity index (χ0n) is 22.0. The minimum absolute atomic E-state index is 0. The summed E-state index contributed by atoms with van der Waals surface area (Å²) in [7, 11) is 5.49. The summed E-state index contributed by atoms with van der Waals surface area (Å²) in [5, 5.41) is 0. The number of carbonyl (C=O) groups excluding carboxylic acids is 1.